The molecule has 1 heterocycles. The lowest BCUT2D eigenvalue weighted by Gasteiger charge is -2.27. The van der Waals surface area contributed by atoms with Crippen LogP contribution in [0.15, 0.2) is 18.3 Å². The molecule has 5 N–H and O–H groups in total. The second kappa shape index (κ2) is 6.02. The summed E-state index contributed by atoms with van der Waals surface area (Å²) in [5.41, 5.74) is 16.5. The first kappa shape index (κ1) is 14.3. The first-order chi connectivity index (χ1) is 9.63. The van der Waals surface area contributed by atoms with Crippen LogP contribution < -0.4 is 27.4 Å². The quantitative estimate of drug-likeness (QED) is 0.582. The molecule has 0 bridgehead atoms. The molecule has 2 aliphatic rings. The zero-order valence-corrected chi connectivity index (χ0v) is 13.8. The van der Waals surface area contributed by atoms with Gasteiger partial charge in [-0.3, -0.25) is 0 Å². The summed E-state index contributed by atoms with van der Waals surface area (Å²) < 4.78 is 0. The van der Waals surface area contributed by atoms with Crippen LogP contribution in [0.2, 0.25) is 0 Å². The lowest BCUT2D eigenvalue weighted by molar-refractivity contribution is 0.449. The predicted octanol–water partition coefficient (Wildman–Crippen LogP) is 1.29. The van der Waals surface area contributed by atoms with Crippen molar-refractivity contribution in [1.82, 2.24) is 5.32 Å². The van der Waals surface area contributed by atoms with E-state index < -0.39 is 0 Å². The van der Waals surface area contributed by atoms with Crippen molar-refractivity contribution in [3.8, 4) is 0 Å². The summed E-state index contributed by atoms with van der Waals surface area (Å²) in [6.45, 7) is 0.924. The molecule has 0 spiro atoms. The standard InChI is InChI=1S/C15H23N3P2/c16-10-1-3-11(4-2-10)20-12-5-13(17)15(14(19)6-12)9-7-18-8-9/h5-7,10-11,18,20H,1-4,8,16-17,19H2. The molecule has 0 aromatic heterocycles. The summed E-state index contributed by atoms with van der Waals surface area (Å²) in [6.07, 6.45) is 6.93. The monoisotopic (exact) mass is 307 g/mol. The van der Waals surface area contributed by atoms with Gasteiger partial charge in [-0.15, -0.1) is 9.24 Å². The van der Waals surface area contributed by atoms with Gasteiger partial charge >= 0.3 is 0 Å². The van der Waals surface area contributed by atoms with E-state index in [1.54, 1.807) is 0 Å². The van der Waals surface area contributed by atoms with Crippen LogP contribution >= 0.6 is 17.8 Å². The zero-order chi connectivity index (χ0) is 14.1. The summed E-state index contributed by atoms with van der Waals surface area (Å²) in [6, 6.07) is 4.90. The minimum atomic E-state index is 0.429. The Morgan fingerprint density at radius 3 is 2.45 bits per heavy atom. The maximum atomic E-state index is 6.26. The average Bonchev–Trinajstić information content (AvgIpc) is 2.34. The lowest BCUT2D eigenvalue weighted by atomic mass is 9.96. The first-order valence-corrected chi connectivity index (χ1v) is 8.93. The van der Waals surface area contributed by atoms with Crippen molar-refractivity contribution in [2.24, 2.45) is 5.73 Å². The van der Waals surface area contributed by atoms with Crippen LogP contribution in [0.5, 0.6) is 0 Å². The maximum Gasteiger partial charge on any atom is 0.0416 e. The van der Waals surface area contributed by atoms with Gasteiger partial charge in [-0.25, -0.2) is 0 Å². The van der Waals surface area contributed by atoms with E-state index in [9.17, 15) is 0 Å². The summed E-state index contributed by atoms with van der Waals surface area (Å²) >= 11 is 0. The Kier molecular flexibility index (Phi) is 4.31. The topological polar surface area (TPSA) is 64.1 Å². The van der Waals surface area contributed by atoms with Gasteiger partial charge in [-0.2, -0.15) is 0 Å². The number of nitrogens with two attached hydrogens (primary N) is 2. The molecule has 3 nitrogen and oxygen atoms in total. The fraction of sp³-hybridized carbons (Fsp3) is 0.467. The molecule has 1 aromatic carbocycles. The Bertz CT molecular complexity index is 511. The van der Waals surface area contributed by atoms with Gasteiger partial charge in [0.15, 0.2) is 0 Å². The molecular weight excluding hydrogens is 284 g/mol. The molecule has 0 radical (unpaired) electrons. The zero-order valence-electron chi connectivity index (χ0n) is 11.7. The second-order valence-corrected chi connectivity index (χ2v) is 8.14. The number of hydrogen-bond acceptors (Lipinski definition) is 3. The summed E-state index contributed by atoms with van der Waals surface area (Å²) in [4.78, 5) is 0. The SMILES string of the molecule is Nc1cc(PC2CCC(N)CC2)cc(P)c1C1=CNC1. The molecule has 1 aromatic rings. The third-order valence-electron chi connectivity index (χ3n) is 4.23. The van der Waals surface area contributed by atoms with Gasteiger partial charge < -0.3 is 16.8 Å². The highest BCUT2D eigenvalue weighted by atomic mass is 31.1. The minimum Gasteiger partial charge on any atom is -0.398 e. The van der Waals surface area contributed by atoms with Gasteiger partial charge in [0.1, 0.15) is 0 Å². The lowest BCUT2D eigenvalue weighted by Crippen LogP contribution is -2.28. The van der Waals surface area contributed by atoms with E-state index in [-0.39, 0.29) is 0 Å². The highest BCUT2D eigenvalue weighted by molar-refractivity contribution is 7.48. The molecule has 1 fully saturated rings. The number of rotatable bonds is 3. The molecule has 5 heteroatoms. The van der Waals surface area contributed by atoms with Crippen LogP contribution in [0.1, 0.15) is 31.2 Å². The summed E-state index contributed by atoms with van der Waals surface area (Å²) in [5, 5.41) is 5.78. The molecule has 20 heavy (non-hydrogen) atoms. The molecule has 1 aliphatic heterocycles. The number of hydrogen-bond donors (Lipinski definition) is 3. The second-order valence-electron chi connectivity index (χ2n) is 5.84. The van der Waals surface area contributed by atoms with E-state index in [2.05, 4.69) is 26.7 Å². The van der Waals surface area contributed by atoms with E-state index in [0.717, 1.165) is 26.5 Å². The third kappa shape index (κ3) is 3.01. The fourth-order valence-corrected chi connectivity index (χ4v) is 5.28. The van der Waals surface area contributed by atoms with Crippen LogP contribution in [0.4, 0.5) is 5.69 Å². The van der Waals surface area contributed by atoms with Gasteiger partial charge in [-0.1, -0.05) is 8.58 Å². The van der Waals surface area contributed by atoms with Gasteiger partial charge in [0.25, 0.3) is 0 Å². The summed E-state index contributed by atoms with van der Waals surface area (Å²) in [7, 11) is 3.71. The number of nitrogen functional groups attached to an aromatic ring is 1. The van der Waals surface area contributed by atoms with Crippen LogP contribution in [0.3, 0.4) is 0 Å². The predicted molar refractivity (Wildman–Crippen MR) is 94.4 cm³/mol. The largest absolute Gasteiger partial charge is 0.398 e. The molecular formula is C15H23N3P2. The average molecular weight is 307 g/mol. The third-order valence-corrected chi connectivity index (χ3v) is 6.29. The summed E-state index contributed by atoms with van der Waals surface area (Å²) in [5.74, 6) is 0. The van der Waals surface area contributed by atoms with Crippen molar-refractivity contribution in [1.29, 1.82) is 0 Å². The van der Waals surface area contributed by atoms with E-state index in [1.807, 2.05) is 6.20 Å². The highest BCUT2D eigenvalue weighted by Crippen LogP contribution is 2.33. The van der Waals surface area contributed by atoms with E-state index in [4.69, 9.17) is 11.5 Å². The minimum absolute atomic E-state index is 0.429. The Morgan fingerprint density at radius 1 is 1.20 bits per heavy atom. The molecule has 0 saturated heterocycles. The Labute approximate surface area is 124 Å². The van der Waals surface area contributed by atoms with Crippen molar-refractivity contribution in [2.75, 3.05) is 12.3 Å². The number of nitrogens with one attached hydrogen (secondary N) is 1. The molecule has 3 rings (SSSR count). The van der Waals surface area contributed by atoms with E-state index in [1.165, 1.54) is 47.4 Å². The number of anilines is 1. The van der Waals surface area contributed by atoms with Crippen LogP contribution in [-0.2, 0) is 0 Å². The van der Waals surface area contributed by atoms with Gasteiger partial charge in [0, 0.05) is 30.0 Å². The van der Waals surface area contributed by atoms with Gasteiger partial charge in [-0.05, 0) is 59.7 Å². The fourth-order valence-electron chi connectivity index (χ4n) is 3.01. The number of benzene rings is 1. The maximum absolute atomic E-state index is 6.26. The first-order valence-electron chi connectivity index (χ1n) is 7.27. The normalized spacial score (nSPS) is 26.2. The Morgan fingerprint density at radius 2 is 1.90 bits per heavy atom. The smallest absolute Gasteiger partial charge is 0.0416 e. The van der Waals surface area contributed by atoms with E-state index in [0.29, 0.717) is 6.04 Å². The molecule has 1 aliphatic carbocycles. The molecule has 2 unspecified atom stereocenters. The molecule has 1 saturated carbocycles. The van der Waals surface area contributed by atoms with Gasteiger partial charge in [0.05, 0.1) is 0 Å². The highest BCUT2D eigenvalue weighted by Gasteiger charge is 2.20. The Hall–Kier alpha value is -0.620. The van der Waals surface area contributed by atoms with E-state index >= 15 is 0 Å². The van der Waals surface area contributed by atoms with Crippen molar-refractivity contribution in [2.45, 2.75) is 37.4 Å². The van der Waals surface area contributed by atoms with Gasteiger partial charge in [0.2, 0.25) is 0 Å². The van der Waals surface area contributed by atoms with Crippen LogP contribution in [-0.4, -0.2) is 18.2 Å². The van der Waals surface area contributed by atoms with Crippen molar-refractivity contribution < 1.29 is 0 Å². The molecule has 108 valence electrons. The van der Waals surface area contributed by atoms with Crippen LogP contribution in [0, 0.1) is 0 Å². The Balaban J connectivity index is 1.74. The molecule has 0 amide bonds. The van der Waals surface area contributed by atoms with Crippen molar-refractivity contribution >= 4 is 39.7 Å². The van der Waals surface area contributed by atoms with Crippen molar-refractivity contribution in [3.05, 3.63) is 23.9 Å². The van der Waals surface area contributed by atoms with Crippen LogP contribution in [0.25, 0.3) is 5.57 Å². The molecule has 2 atom stereocenters. The van der Waals surface area contributed by atoms with Crippen molar-refractivity contribution in [3.63, 3.8) is 0 Å².